The van der Waals surface area contributed by atoms with Crippen molar-refractivity contribution >= 4 is 27.9 Å². The number of carboxylic acids is 2. The molecular weight excluding hydrogens is 264 g/mol. The predicted molar refractivity (Wildman–Crippen MR) is 57.2 cm³/mol. The minimum absolute atomic E-state index is 0.128. The third-order valence-corrected chi connectivity index (χ3v) is 2.77. The number of benzene rings is 1. The van der Waals surface area contributed by atoms with Gasteiger partial charge in [0, 0.05) is 4.47 Å². The number of halogens is 1. The number of rotatable bonds is 3. The van der Waals surface area contributed by atoms with E-state index >= 15 is 0 Å². The second kappa shape index (κ2) is 4.44. The first-order chi connectivity index (χ1) is 6.93. The van der Waals surface area contributed by atoms with Gasteiger partial charge < -0.3 is 10.2 Å². The maximum Gasteiger partial charge on any atom is 0.335 e. The van der Waals surface area contributed by atoms with Crippen molar-refractivity contribution in [2.45, 2.75) is 12.8 Å². The van der Waals surface area contributed by atoms with Gasteiger partial charge in [-0.25, -0.2) is 4.79 Å². The van der Waals surface area contributed by atoms with Crippen molar-refractivity contribution in [3.63, 3.8) is 0 Å². The van der Waals surface area contributed by atoms with E-state index in [1.54, 1.807) is 6.92 Å². The van der Waals surface area contributed by atoms with E-state index in [1.807, 2.05) is 0 Å². The quantitative estimate of drug-likeness (QED) is 0.886. The van der Waals surface area contributed by atoms with E-state index in [0.717, 1.165) is 0 Å². The van der Waals surface area contributed by atoms with Crippen molar-refractivity contribution in [3.8, 4) is 0 Å². The first-order valence-electron chi connectivity index (χ1n) is 4.19. The second-order valence-electron chi connectivity index (χ2n) is 3.10. The molecule has 0 spiro atoms. The van der Waals surface area contributed by atoms with E-state index < -0.39 is 17.9 Å². The first-order valence-corrected chi connectivity index (χ1v) is 4.98. The summed E-state index contributed by atoms with van der Waals surface area (Å²) in [5.74, 6) is -2.65. The normalized spacial score (nSPS) is 12.1. The summed E-state index contributed by atoms with van der Waals surface area (Å²) in [6, 6.07) is 4.30. The van der Waals surface area contributed by atoms with Gasteiger partial charge in [-0.2, -0.15) is 0 Å². The van der Waals surface area contributed by atoms with Crippen LogP contribution in [0.15, 0.2) is 22.7 Å². The molecule has 15 heavy (non-hydrogen) atoms. The van der Waals surface area contributed by atoms with Gasteiger partial charge >= 0.3 is 11.9 Å². The van der Waals surface area contributed by atoms with Crippen LogP contribution in [0.25, 0.3) is 0 Å². The monoisotopic (exact) mass is 272 g/mol. The third-order valence-electron chi connectivity index (χ3n) is 2.08. The minimum atomic E-state index is -1.04. The summed E-state index contributed by atoms with van der Waals surface area (Å²) in [6.45, 7) is 1.54. The van der Waals surface area contributed by atoms with Gasteiger partial charge in [0.1, 0.15) is 0 Å². The number of aromatic carboxylic acids is 1. The van der Waals surface area contributed by atoms with E-state index in [1.165, 1.54) is 18.2 Å². The molecule has 0 aliphatic carbocycles. The van der Waals surface area contributed by atoms with Crippen LogP contribution in [-0.4, -0.2) is 22.2 Å². The summed E-state index contributed by atoms with van der Waals surface area (Å²) in [4.78, 5) is 21.4. The van der Waals surface area contributed by atoms with Gasteiger partial charge in [0.05, 0.1) is 11.5 Å². The SMILES string of the molecule is CC(C(=O)O)c1ccc(C(=O)O)cc1Br. The van der Waals surface area contributed by atoms with Gasteiger partial charge in [0.25, 0.3) is 0 Å². The van der Waals surface area contributed by atoms with Crippen molar-refractivity contribution in [1.29, 1.82) is 0 Å². The summed E-state index contributed by atoms with van der Waals surface area (Å²) in [5, 5.41) is 17.5. The van der Waals surface area contributed by atoms with Crippen LogP contribution in [0, 0.1) is 0 Å². The average molecular weight is 273 g/mol. The minimum Gasteiger partial charge on any atom is -0.481 e. The molecule has 0 aliphatic heterocycles. The zero-order valence-electron chi connectivity index (χ0n) is 7.90. The highest BCUT2D eigenvalue weighted by Crippen LogP contribution is 2.26. The Morgan fingerprint density at radius 1 is 1.33 bits per heavy atom. The van der Waals surface area contributed by atoms with Gasteiger partial charge in [-0.15, -0.1) is 0 Å². The Kier molecular flexibility index (Phi) is 3.47. The summed E-state index contributed by atoms with van der Waals surface area (Å²) < 4.78 is 0.498. The smallest absolute Gasteiger partial charge is 0.335 e. The van der Waals surface area contributed by atoms with Crippen molar-refractivity contribution in [2.24, 2.45) is 0 Å². The Morgan fingerprint density at radius 2 is 1.93 bits per heavy atom. The zero-order valence-corrected chi connectivity index (χ0v) is 9.48. The second-order valence-corrected chi connectivity index (χ2v) is 3.96. The molecule has 0 amide bonds. The molecule has 0 aliphatic rings. The molecule has 4 nitrogen and oxygen atoms in total. The molecule has 1 unspecified atom stereocenters. The predicted octanol–water partition coefficient (Wildman–Crippen LogP) is 2.34. The Hall–Kier alpha value is -1.36. The molecule has 1 aromatic carbocycles. The number of carboxylic acid groups (broad SMARTS) is 2. The molecule has 1 rings (SSSR count). The molecule has 0 saturated carbocycles. The molecule has 1 aromatic rings. The molecule has 0 fully saturated rings. The molecule has 1 atom stereocenters. The maximum absolute atomic E-state index is 10.7. The molecular formula is C10H9BrO4. The summed E-state index contributed by atoms with van der Waals surface area (Å²) in [7, 11) is 0. The van der Waals surface area contributed by atoms with E-state index in [4.69, 9.17) is 10.2 Å². The fraction of sp³-hybridized carbons (Fsp3) is 0.200. The number of carbonyl (C=O) groups is 2. The van der Waals surface area contributed by atoms with Gasteiger partial charge in [0.15, 0.2) is 0 Å². The fourth-order valence-electron chi connectivity index (χ4n) is 1.14. The molecule has 80 valence electrons. The Balaban J connectivity index is 3.13. The van der Waals surface area contributed by atoms with Crippen LogP contribution in [0.1, 0.15) is 28.8 Å². The average Bonchev–Trinajstić information content (AvgIpc) is 2.16. The Bertz CT molecular complexity index is 414. The largest absolute Gasteiger partial charge is 0.481 e. The van der Waals surface area contributed by atoms with Gasteiger partial charge in [-0.1, -0.05) is 22.0 Å². The molecule has 0 saturated heterocycles. The summed E-state index contributed by atoms with van der Waals surface area (Å²) >= 11 is 3.16. The molecule has 0 bridgehead atoms. The van der Waals surface area contributed by atoms with Crippen LogP contribution in [-0.2, 0) is 4.79 Å². The van der Waals surface area contributed by atoms with E-state index in [9.17, 15) is 9.59 Å². The van der Waals surface area contributed by atoms with Crippen LogP contribution in [0.2, 0.25) is 0 Å². The lowest BCUT2D eigenvalue weighted by molar-refractivity contribution is -0.138. The third kappa shape index (κ3) is 2.56. The maximum atomic E-state index is 10.7. The van der Waals surface area contributed by atoms with Crippen molar-refractivity contribution in [1.82, 2.24) is 0 Å². The van der Waals surface area contributed by atoms with Crippen LogP contribution < -0.4 is 0 Å². The molecule has 2 N–H and O–H groups in total. The number of hydrogen-bond donors (Lipinski definition) is 2. The lowest BCUT2D eigenvalue weighted by atomic mass is 10.0. The highest BCUT2D eigenvalue weighted by molar-refractivity contribution is 9.10. The first kappa shape index (κ1) is 11.7. The van der Waals surface area contributed by atoms with Gasteiger partial charge in [0.2, 0.25) is 0 Å². The highest BCUT2D eigenvalue weighted by atomic mass is 79.9. The topological polar surface area (TPSA) is 74.6 Å². The lowest BCUT2D eigenvalue weighted by Gasteiger charge is -2.09. The van der Waals surface area contributed by atoms with Crippen molar-refractivity contribution < 1.29 is 19.8 Å². The summed E-state index contributed by atoms with van der Waals surface area (Å²) in [5.41, 5.74) is 0.690. The fourth-order valence-corrected chi connectivity index (χ4v) is 1.87. The summed E-state index contributed by atoms with van der Waals surface area (Å²) in [6.07, 6.45) is 0. The van der Waals surface area contributed by atoms with Gasteiger partial charge in [-0.05, 0) is 24.6 Å². The van der Waals surface area contributed by atoms with Crippen LogP contribution in [0.3, 0.4) is 0 Å². The van der Waals surface area contributed by atoms with Crippen LogP contribution in [0.5, 0.6) is 0 Å². The van der Waals surface area contributed by atoms with E-state index in [-0.39, 0.29) is 5.56 Å². The zero-order chi connectivity index (χ0) is 11.6. The standard InChI is InChI=1S/C10H9BrO4/c1-5(9(12)13)7-3-2-6(10(14)15)4-8(7)11/h2-5H,1H3,(H,12,13)(H,14,15). The Morgan fingerprint density at radius 3 is 2.33 bits per heavy atom. The van der Waals surface area contributed by atoms with Crippen LogP contribution in [0.4, 0.5) is 0 Å². The number of aliphatic carboxylic acids is 1. The lowest BCUT2D eigenvalue weighted by Crippen LogP contribution is -2.08. The highest BCUT2D eigenvalue weighted by Gasteiger charge is 2.17. The number of hydrogen-bond acceptors (Lipinski definition) is 2. The molecule has 0 radical (unpaired) electrons. The van der Waals surface area contributed by atoms with Crippen molar-refractivity contribution in [2.75, 3.05) is 0 Å². The van der Waals surface area contributed by atoms with Crippen molar-refractivity contribution in [3.05, 3.63) is 33.8 Å². The molecule has 0 heterocycles. The molecule has 0 aromatic heterocycles. The van der Waals surface area contributed by atoms with Gasteiger partial charge in [-0.3, -0.25) is 4.79 Å². The Labute approximate surface area is 94.7 Å². The van der Waals surface area contributed by atoms with Crippen LogP contribution >= 0.6 is 15.9 Å². The van der Waals surface area contributed by atoms with E-state index in [2.05, 4.69) is 15.9 Å². The molecule has 5 heteroatoms. The van der Waals surface area contributed by atoms with E-state index in [0.29, 0.717) is 10.0 Å².